The highest BCUT2D eigenvalue weighted by atomic mass is 79.9. The number of rotatable bonds is 3. The second-order valence-corrected chi connectivity index (χ2v) is 6.24. The monoisotopic (exact) mass is 396 g/mol. The summed E-state index contributed by atoms with van der Waals surface area (Å²) in [7, 11) is 0. The van der Waals surface area contributed by atoms with Crippen LogP contribution in [0.3, 0.4) is 0 Å². The molecule has 0 fully saturated rings. The van der Waals surface area contributed by atoms with Gasteiger partial charge < -0.3 is 10.5 Å². The van der Waals surface area contributed by atoms with Crippen molar-refractivity contribution in [3.8, 4) is 11.5 Å². The molecular formula is C15H14Br2N2O. The smallest absolute Gasteiger partial charge is 0.139 e. The Morgan fingerprint density at radius 3 is 2.25 bits per heavy atom. The van der Waals surface area contributed by atoms with Gasteiger partial charge in [-0.05, 0) is 55.3 Å². The third-order valence-electron chi connectivity index (χ3n) is 2.87. The summed E-state index contributed by atoms with van der Waals surface area (Å²) >= 11 is 6.93. The van der Waals surface area contributed by atoms with E-state index in [9.17, 15) is 0 Å². The molecule has 0 radical (unpaired) electrons. The van der Waals surface area contributed by atoms with Gasteiger partial charge in [0.25, 0.3) is 0 Å². The quantitative estimate of drug-likeness (QED) is 0.571. The number of benzene rings is 2. The molecule has 2 rings (SSSR count). The molecule has 0 aliphatic rings. The third-order valence-corrected chi connectivity index (χ3v) is 4.62. The molecule has 104 valence electrons. The van der Waals surface area contributed by atoms with Crippen molar-refractivity contribution < 1.29 is 4.74 Å². The van der Waals surface area contributed by atoms with E-state index in [0.29, 0.717) is 11.3 Å². The van der Waals surface area contributed by atoms with E-state index < -0.39 is 0 Å². The van der Waals surface area contributed by atoms with Gasteiger partial charge in [-0.25, -0.2) is 0 Å². The maximum Gasteiger partial charge on any atom is 0.139 e. The van der Waals surface area contributed by atoms with Gasteiger partial charge in [0.1, 0.15) is 17.3 Å². The Morgan fingerprint density at radius 2 is 1.70 bits per heavy atom. The van der Waals surface area contributed by atoms with Crippen molar-refractivity contribution in [1.29, 1.82) is 5.41 Å². The lowest BCUT2D eigenvalue weighted by Crippen LogP contribution is -2.12. The Balaban J connectivity index is 2.44. The van der Waals surface area contributed by atoms with Crippen molar-refractivity contribution in [2.45, 2.75) is 13.8 Å². The molecule has 0 amide bonds. The maximum absolute atomic E-state index is 7.61. The second-order valence-electron chi connectivity index (χ2n) is 4.53. The lowest BCUT2D eigenvalue weighted by atomic mass is 10.1. The number of halogens is 2. The summed E-state index contributed by atoms with van der Waals surface area (Å²) in [6, 6.07) is 9.30. The van der Waals surface area contributed by atoms with E-state index in [1.54, 1.807) is 6.07 Å². The lowest BCUT2D eigenvalue weighted by Gasteiger charge is -2.13. The number of hydrogen-bond donors (Lipinski definition) is 2. The number of ether oxygens (including phenoxy) is 1. The van der Waals surface area contributed by atoms with Crippen molar-refractivity contribution in [1.82, 2.24) is 0 Å². The fourth-order valence-corrected chi connectivity index (χ4v) is 2.46. The van der Waals surface area contributed by atoms with Crippen LogP contribution in [0.5, 0.6) is 11.5 Å². The van der Waals surface area contributed by atoms with Gasteiger partial charge in [-0.2, -0.15) is 0 Å². The van der Waals surface area contributed by atoms with Gasteiger partial charge >= 0.3 is 0 Å². The zero-order valence-corrected chi connectivity index (χ0v) is 14.3. The minimum Gasteiger partial charge on any atom is -0.457 e. The van der Waals surface area contributed by atoms with Crippen LogP contribution < -0.4 is 10.5 Å². The van der Waals surface area contributed by atoms with E-state index in [4.69, 9.17) is 15.9 Å². The average Bonchev–Trinajstić information content (AvgIpc) is 2.35. The molecular weight excluding hydrogens is 384 g/mol. The minimum absolute atomic E-state index is 0.0157. The molecule has 2 aromatic rings. The number of amidine groups is 1. The van der Waals surface area contributed by atoms with E-state index in [-0.39, 0.29) is 5.84 Å². The van der Waals surface area contributed by atoms with Crippen LogP contribution in [0.15, 0.2) is 39.3 Å². The molecule has 0 atom stereocenters. The van der Waals surface area contributed by atoms with Crippen LogP contribution in [0.2, 0.25) is 0 Å². The van der Waals surface area contributed by atoms with Gasteiger partial charge in [-0.1, -0.05) is 31.9 Å². The molecule has 0 saturated heterocycles. The normalized spacial score (nSPS) is 10.4. The molecule has 5 heteroatoms. The third kappa shape index (κ3) is 3.22. The number of hydrogen-bond acceptors (Lipinski definition) is 2. The summed E-state index contributed by atoms with van der Waals surface area (Å²) in [5.41, 5.74) is 8.35. The van der Waals surface area contributed by atoms with Crippen LogP contribution in [0, 0.1) is 19.3 Å². The van der Waals surface area contributed by atoms with E-state index in [1.165, 1.54) is 0 Å². The summed E-state index contributed by atoms with van der Waals surface area (Å²) in [6.07, 6.45) is 0. The molecule has 3 nitrogen and oxygen atoms in total. The van der Waals surface area contributed by atoms with E-state index in [1.807, 2.05) is 38.1 Å². The van der Waals surface area contributed by atoms with Crippen LogP contribution in [-0.2, 0) is 0 Å². The van der Waals surface area contributed by atoms with Crippen molar-refractivity contribution in [2.75, 3.05) is 0 Å². The summed E-state index contributed by atoms with van der Waals surface area (Å²) in [4.78, 5) is 0. The molecule has 0 heterocycles. The zero-order valence-electron chi connectivity index (χ0n) is 11.1. The van der Waals surface area contributed by atoms with Gasteiger partial charge in [0.15, 0.2) is 0 Å². The highest BCUT2D eigenvalue weighted by molar-refractivity contribution is 9.10. The van der Waals surface area contributed by atoms with Crippen LogP contribution in [0.4, 0.5) is 0 Å². The summed E-state index contributed by atoms with van der Waals surface area (Å²) in [5.74, 6) is 1.27. The Hall–Kier alpha value is -1.33. The Bertz CT molecular complexity index is 661. The number of nitrogen functional groups attached to an aromatic ring is 1. The topological polar surface area (TPSA) is 59.1 Å². The highest BCUT2D eigenvalue weighted by Gasteiger charge is 2.10. The predicted octanol–water partition coefficient (Wildman–Crippen LogP) is 4.90. The van der Waals surface area contributed by atoms with Crippen molar-refractivity contribution in [3.05, 3.63) is 56.0 Å². The fourth-order valence-electron chi connectivity index (χ4n) is 1.90. The summed E-state index contributed by atoms with van der Waals surface area (Å²) in [5, 5.41) is 7.61. The first kappa shape index (κ1) is 15.1. The average molecular weight is 398 g/mol. The Kier molecular flexibility index (Phi) is 4.50. The van der Waals surface area contributed by atoms with Gasteiger partial charge in [-0.15, -0.1) is 0 Å². The zero-order chi connectivity index (χ0) is 14.9. The van der Waals surface area contributed by atoms with Crippen LogP contribution in [0.25, 0.3) is 0 Å². The van der Waals surface area contributed by atoms with Crippen molar-refractivity contribution in [3.63, 3.8) is 0 Å². The SMILES string of the molecule is Cc1cc(Oc2cc(Br)ccc2C(=N)N)cc(C)c1Br. The number of aryl methyl sites for hydroxylation is 2. The molecule has 2 aromatic carbocycles. The highest BCUT2D eigenvalue weighted by Crippen LogP contribution is 2.32. The van der Waals surface area contributed by atoms with Gasteiger partial charge in [-0.3, -0.25) is 5.41 Å². The molecule has 0 saturated carbocycles. The largest absolute Gasteiger partial charge is 0.457 e. The molecule has 0 spiro atoms. The summed E-state index contributed by atoms with van der Waals surface area (Å²) < 4.78 is 7.85. The summed E-state index contributed by atoms with van der Waals surface area (Å²) in [6.45, 7) is 4.02. The lowest BCUT2D eigenvalue weighted by molar-refractivity contribution is 0.480. The fraction of sp³-hybridized carbons (Fsp3) is 0.133. The van der Waals surface area contributed by atoms with Crippen molar-refractivity contribution >= 4 is 37.7 Å². The predicted molar refractivity (Wildman–Crippen MR) is 88.8 cm³/mol. The van der Waals surface area contributed by atoms with Crippen molar-refractivity contribution in [2.24, 2.45) is 5.73 Å². The number of nitrogens with two attached hydrogens (primary N) is 1. The second kappa shape index (κ2) is 5.97. The standard InChI is InChI=1S/C15H14Br2N2O/c1-8-5-11(6-9(2)14(8)17)20-13-7-10(16)3-4-12(13)15(18)19/h3-7H,1-2H3,(H3,18,19). The van der Waals surface area contributed by atoms with Gasteiger partial charge in [0.05, 0.1) is 5.56 Å². The van der Waals surface area contributed by atoms with E-state index in [2.05, 4.69) is 31.9 Å². The Morgan fingerprint density at radius 1 is 1.10 bits per heavy atom. The first-order valence-corrected chi connectivity index (χ1v) is 7.55. The van der Waals surface area contributed by atoms with Crippen LogP contribution >= 0.6 is 31.9 Å². The molecule has 0 unspecified atom stereocenters. The Labute approximate surface area is 134 Å². The maximum atomic E-state index is 7.61. The molecule has 0 aliphatic carbocycles. The van der Waals surface area contributed by atoms with Gasteiger partial charge in [0, 0.05) is 8.95 Å². The van der Waals surface area contributed by atoms with E-state index in [0.717, 1.165) is 25.8 Å². The minimum atomic E-state index is -0.0157. The molecule has 0 aromatic heterocycles. The molecule has 20 heavy (non-hydrogen) atoms. The van der Waals surface area contributed by atoms with Crippen LogP contribution in [0.1, 0.15) is 16.7 Å². The first-order chi connectivity index (χ1) is 9.38. The molecule has 0 bridgehead atoms. The first-order valence-electron chi connectivity index (χ1n) is 5.97. The number of nitrogens with one attached hydrogen (secondary N) is 1. The van der Waals surface area contributed by atoms with E-state index >= 15 is 0 Å². The molecule has 3 N–H and O–H groups in total. The van der Waals surface area contributed by atoms with Gasteiger partial charge in [0.2, 0.25) is 0 Å². The molecule has 0 aliphatic heterocycles. The van der Waals surface area contributed by atoms with Crippen LogP contribution in [-0.4, -0.2) is 5.84 Å².